The molecule has 0 fully saturated rings. The molecule has 66 valence electrons. The zero-order chi connectivity index (χ0) is 9.26. The van der Waals surface area contributed by atoms with Gasteiger partial charge in [0.25, 0.3) is 0 Å². The average Bonchev–Trinajstić information content (AvgIpc) is 2.53. The highest BCUT2D eigenvalue weighted by molar-refractivity contribution is 6.27. The second-order valence-electron chi connectivity index (χ2n) is 2.23. The van der Waals surface area contributed by atoms with Crippen molar-refractivity contribution >= 4 is 11.6 Å². The molecule has 2 rings (SSSR count). The van der Waals surface area contributed by atoms with Gasteiger partial charge in [0.2, 0.25) is 5.82 Å². The largest absolute Gasteiger partial charge is 0.321 e. The minimum Gasteiger partial charge on any atom is -0.321 e. The van der Waals surface area contributed by atoms with E-state index in [2.05, 4.69) is 19.6 Å². The van der Waals surface area contributed by atoms with Crippen LogP contribution in [0.15, 0.2) is 22.9 Å². The molecule has 0 saturated carbocycles. The third-order valence-electron chi connectivity index (χ3n) is 1.36. The number of pyridine rings is 1. The maximum Gasteiger partial charge on any atom is 0.320 e. The third-order valence-corrected chi connectivity index (χ3v) is 1.51. The first-order valence-corrected chi connectivity index (χ1v) is 3.74. The molecule has 0 unspecified atom stereocenters. The molecule has 6 heteroatoms. The van der Waals surface area contributed by atoms with Crippen LogP contribution in [0, 0.1) is 5.82 Å². The summed E-state index contributed by atoms with van der Waals surface area (Å²) in [6, 6.07) is 2.70. The van der Waals surface area contributed by atoms with Crippen molar-refractivity contribution in [2.75, 3.05) is 0 Å². The van der Waals surface area contributed by atoms with Gasteiger partial charge in [-0.3, -0.25) is 0 Å². The Hall–Kier alpha value is -1.49. The molecule has 0 aromatic carbocycles. The van der Waals surface area contributed by atoms with Gasteiger partial charge in [0.15, 0.2) is 0 Å². The molecule has 2 aromatic rings. The van der Waals surface area contributed by atoms with Crippen LogP contribution in [0.1, 0.15) is 0 Å². The highest BCUT2D eigenvalue weighted by Gasteiger charge is 2.07. The van der Waals surface area contributed by atoms with Gasteiger partial charge < -0.3 is 4.52 Å². The predicted molar refractivity (Wildman–Crippen MR) is 42.5 cm³/mol. The normalized spacial score (nSPS) is 10.3. The summed E-state index contributed by atoms with van der Waals surface area (Å²) in [5, 5.41) is 3.44. The molecule has 0 amide bonds. The van der Waals surface area contributed by atoms with Gasteiger partial charge >= 0.3 is 5.35 Å². The van der Waals surface area contributed by atoms with E-state index in [0.29, 0.717) is 5.69 Å². The van der Waals surface area contributed by atoms with Gasteiger partial charge in [-0.05, 0) is 23.7 Å². The Morgan fingerprint density at radius 2 is 2.23 bits per heavy atom. The number of halogens is 2. The SMILES string of the molecule is Fc1ccc(-c2noc(Cl)n2)nc1. The average molecular weight is 200 g/mol. The van der Waals surface area contributed by atoms with Gasteiger partial charge in [-0.2, -0.15) is 4.98 Å². The highest BCUT2D eigenvalue weighted by atomic mass is 35.5. The molecule has 0 spiro atoms. The van der Waals surface area contributed by atoms with Crippen molar-refractivity contribution in [2.24, 2.45) is 0 Å². The summed E-state index contributed by atoms with van der Waals surface area (Å²) in [6.45, 7) is 0. The Bertz CT molecular complexity index is 414. The van der Waals surface area contributed by atoms with Crippen LogP contribution in [0.5, 0.6) is 0 Å². The minimum absolute atomic E-state index is 0.0684. The van der Waals surface area contributed by atoms with Crippen molar-refractivity contribution in [2.45, 2.75) is 0 Å². The van der Waals surface area contributed by atoms with Crippen molar-refractivity contribution in [1.29, 1.82) is 0 Å². The first kappa shape index (κ1) is 8.12. The third kappa shape index (κ3) is 1.65. The van der Waals surface area contributed by atoms with Crippen LogP contribution < -0.4 is 0 Å². The van der Waals surface area contributed by atoms with Crippen molar-refractivity contribution in [3.8, 4) is 11.5 Å². The zero-order valence-electron chi connectivity index (χ0n) is 6.24. The van der Waals surface area contributed by atoms with Crippen LogP contribution in [0.3, 0.4) is 0 Å². The van der Waals surface area contributed by atoms with Crippen LogP contribution >= 0.6 is 11.6 Å². The van der Waals surface area contributed by atoms with E-state index in [1.165, 1.54) is 12.1 Å². The maximum absolute atomic E-state index is 12.5. The lowest BCUT2D eigenvalue weighted by molar-refractivity contribution is 0.420. The van der Waals surface area contributed by atoms with E-state index in [1.807, 2.05) is 0 Å². The predicted octanol–water partition coefficient (Wildman–Crippen LogP) is 1.92. The quantitative estimate of drug-likeness (QED) is 0.704. The van der Waals surface area contributed by atoms with Gasteiger partial charge in [-0.1, -0.05) is 5.16 Å². The molecule has 0 aliphatic carbocycles. The van der Waals surface area contributed by atoms with Crippen LogP contribution in [0.25, 0.3) is 11.5 Å². The molecule has 13 heavy (non-hydrogen) atoms. The molecule has 0 aliphatic heterocycles. The fraction of sp³-hybridized carbons (Fsp3) is 0. The summed E-state index contributed by atoms with van der Waals surface area (Å²) in [5.41, 5.74) is 0.414. The summed E-state index contributed by atoms with van der Waals surface area (Å²) in [5.74, 6) is -0.177. The van der Waals surface area contributed by atoms with E-state index < -0.39 is 5.82 Å². The molecule has 0 bridgehead atoms. The maximum atomic E-state index is 12.5. The standard InChI is InChI=1S/C7H3ClFN3O/c8-7-11-6(12-13-7)5-2-1-4(9)3-10-5/h1-3H. The van der Waals surface area contributed by atoms with Gasteiger partial charge in [-0.15, -0.1) is 0 Å². The molecule has 4 nitrogen and oxygen atoms in total. The van der Waals surface area contributed by atoms with Crippen LogP contribution in [0.4, 0.5) is 4.39 Å². The van der Waals surface area contributed by atoms with Crippen molar-refractivity contribution in [3.63, 3.8) is 0 Å². The second kappa shape index (κ2) is 3.10. The Morgan fingerprint density at radius 1 is 1.38 bits per heavy atom. The first-order valence-electron chi connectivity index (χ1n) is 3.37. The summed E-state index contributed by atoms with van der Waals surface area (Å²) >= 11 is 5.40. The number of hydrogen-bond donors (Lipinski definition) is 0. The lowest BCUT2D eigenvalue weighted by Gasteiger charge is -1.90. The summed E-state index contributed by atoms with van der Waals surface area (Å²) in [4.78, 5) is 7.46. The van der Waals surface area contributed by atoms with Crippen molar-refractivity contribution in [3.05, 3.63) is 29.5 Å². The molecule has 0 atom stereocenters. The highest BCUT2D eigenvalue weighted by Crippen LogP contribution is 2.14. The molecule has 0 N–H and O–H groups in total. The van der Waals surface area contributed by atoms with Crippen molar-refractivity contribution < 1.29 is 8.91 Å². The Kier molecular flexibility index (Phi) is 1.94. The zero-order valence-corrected chi connectivity index (χ0v) is 6.99. The summed E-state index contributed by atoms with van der Waals surface area (Å²) in [6.07, 6.45) is 1.07. The number of rotatable bonds is 1. The Morgan fingerprint density at radius 3 is 2.77 bits per heavy atom. The fourth-order valence-corrected chi connectivity index (χ4v) is 0.932. The van der Waals surface area contributed by atoms with Gasteiger partial charge in [0.05, 0.1) is 6.20 Å². The number of nitrogens with zero attached hydrogens (tertiary/aromatic N) is 3. The number of hydrogen-bond acceptors (Lipinski definition) is 4. The van der Waals surface area contributed by atoms with Crippen LogP contribution in [-0.2, 0) is 0 Å². The molecule has 0 aliphatic rings. The monoisotopic (exact) mass is 199 g/mol. The molecular weight excluding hydrogens is 197 g/mol. The molecule has 0 saturated heterocycles. The minimum atomic E-state index is -0.418. The van der Waals surface area contributed by atoms with Gasteiger partial charge in [-0.25, -0.2) is 9.37 Å². The lowest BCUT2D eigenvalue weighted by atomic mass is 10.3. The molecule has 2 heterocycles. The van der Waals surface area contributed by atoms with E-state index in [1.54, 1.807) is 0 Å². The van der Waals surface area contributed by atoms with E-state index in [9.17, 15) is 4.39 Å². The van der Waals surface area contributed by atoms with E-state index in [4.69, 9.17) is 11.6 Å². The van der Waals surface area contributed by atoms with E-state index in [0.717, 1.165) is 6.20 Å². The summed E-state index contributed by atoms with van der Waals surface area (Å²) in [7, 11) is 0. The van der Waals surface area contributed by atoms with Crippen LogP contribution in [0.2, 0.25) is 5.35 Å². The van der Waals surface area contributed by atoms with Crippen molar-refractivity contribution in [1.82, 2.24) is 15.1 Å². The number of aromatic nitrogens is 3. The molecule has 0 radical (unpaired) electrons. The lowest BCUT2D eigenvalue weighted by Crippen LogP contribution is -1.85. The second-order valence-corrected chi connectivity index (χ2v) is 2.56. The summed E-state index contributed by atoms with van der Waals surface area (Å²) < 4.78 is 17.0. The smallest absolute Gasteiger partial charge is 0.320 e. The van der Waals surface area contributed by atoms with E-state index >= 15 is 0 Å². The van der Waals surface area contributed by atoms with E-state index in [-0.39, 0.29) is 11.2 Å². The van der Waals surface area contributed by atoms with Crippen LogP contribution in [-0.4, -0.2) is 15.1 Å². The topological polar surface area (TPSA) is 51.8 Å². The van der Waals surface area contributed by atoms with Gasteiger partial charge in [0, 0.05) is 0 Å². The fourth-order valence-electron chi connectivity index (χ4n) is 0.817. The first-order chi connectivity index (χ1) is 6.25. The Labute approximate surface area is 77.4 Å². The molecular formula is C7H3ClFN3O. The Balaban J connectivity index is 2.41. The molecule has 2 aromatic heterocycles. The van der Waals surface area contributed by atoms with Gasteiger partial charge in [0.1, 0.15) is 11.5 Å².